The number of alkyl halides is 1. The molecule has 0 fully saturated rings. The minimum atomic E-state index is -3.70. The van der Waals surface area contributed by atoms with Crippen molar-refractivity contribution in [2.75, 3.05) is 11.4 Å². The number of H-pyrrole nitrogens is 1. The Bertz CT molecular complexity index is 725. The number of anilines is 1. The number of aryl methyl sites for hydroxylation is 2. The van der Waals surface area contributed by atoms with Gasteiger partial charge >= 0.3 is 0 Å². The normalized spacial score (nSPS) is 11.6. The molecule has 0 saturated carbocycles. The van der Waals surface area contributed by atoms with Gasteiger partial charge in [-0.1, -0.05) is 17.7 Å². The smallest absolute Gasteiger partial charge is 0.268 e. The third kappa shape index (κ3) is 2.53. The van der Waals surface area contributed by atoms with Gasteiger partial charge in [0.15, 0.2) is 5.03 Å². The maximum Gasteiger partial charge on any atom is 0.281 e. The Morgan fingerprint density at radius 2 is 2.05 bits per heavy atom. The summed E-state index contributed by atoms with van der Waals surface area (Å²) in [5, 5.41) is 6.31. The lowest BCUT2D eigenvalue weighted by molar-refractivity contribution is 0.589. The summed E-state index contributed by atoms with van der Waals surface area (Å²) >= 11 is 5.74. The van der Waals surface area contributed by atoms with Crippen LogP contribution in [0.3, 0.4) is 0 Å². The van der Waals surface area contributed by atoms with Gasteiger partial charge in [-0.05, 0) is 25.5 Å². The van der Waals surface area contributed by atoms with Crippen LogP contribution < -0.4 is 4.31 Å². The lowest BCUT2D eigenvalue weighted by Gasteiger charge is -2.21. The highest BCUT2D eigenvalue weighted by Crippen LogP contribution is 2.26. The Hall–Kier alpha value is -1.53. The first-order chi connectivity index (χ1) is 9.37. The molecule has 0 aliphatic carbocycles. The molecule has 0 radical (unpaired) electrons. The summed E-state index contributed by atoms with van der Waals surface area (Å²) in [6.45, 7) is 3.84. The van der Waals surface area contributed by atoms with Gasteiger partial charge in [0.05, 0.1) is 17.8 Å². The number of nitrogens with one attached hydrogen (secondary N) is 1. The fourth-order valence-corrected chi connectivity index (χ4v) is 3.69. The fraction of sp³-hybridized carbons (Fsp3) is 0.308. The minimum Gasteiger partial charge on any atom is -0.268 e. The van der Waals surface area contributed by atoms with Crippen molar-refractivity contribution in [2.24, 2.45) is 0 Å². The van der Waals surface area contributed by atoms with Crippen molar-refractivity contribution in [1.82, 2.24) is 10.2 Å². The van der Waals surface area contributed by atoms with Gasteiger partial charge in [-0.2, -0.15) is 13.5 Å². The molecule has 1 aromatic heterocycles. The lowest BCUT2D eigenvalue weighted by Crippen LogP contribution is -2.28. The summed E-state index contributed by atoms with van der Waals surface area (Å²) in [4.78, 5) is 0. The molecule has 0 unspecified atom stereocenters. The second-order valence-electron chi connectivity index (χ2n) is 4.62. The number of sulfonamides is 1. The Kier molecular flexibility index (Phi) is 4.06. The van der Waals surface area contributed by atoms with E-state index in [9.17, 15) is 8.42 Å². The summed E-state index contributed by atoms with van der Waals surface area (Å²) in [6, 6.07) is 5.61. The van der Waals surface area contributed by atoms with Crippen LogP contribution in [0.15, 0.2) is 29.4 Å². The van der Waals surface area contributed by atoms with Gasteiger partial charge in [-0.15, -0.1) is 11.6 Å². The third-order valence-electron chi connectivity index (χ3n) is 3.13. The first kappa shape index (κ1) is 14.9. The van der Waals surface area contributed by atoms with E-state index in [0.29, 0.717) is 11.3 Å². The molecular formula is C13H16ClN3O2S. The number of rotatable bonds is 4. The lowest BCUT2D eigenvalue weighted by atomic mass is 10.1. The van der Waals surface area contributed by atoms with Crippen LogP contribution in [0, 0.1) is 13.8 Å². The fourth-order valence-electron chi connectivity index (χ4n) is 2.04. The van der Waals surface area contributed by atoms with E-state index in [-0.39, 0.29) is 10.9 Å². The maximum absolute atomic E-state index is 12.6. The monoisotopic (exact) mass is 313 g/mol. The molecule has 7 heteroatoms. The van der Waals surface area contributed by atoms with Crippen LogP contribution in [-0.2, 0) is 15.9 Å². The molecule has 0 amide bonds. The quantitative estimate of drug-likeness (QED) is 0.882. The van der Waals surface area contributed by atoms with Crippen LogP contribution in [0.5, 0.6) is 0 Å². The Morgan fingerprint density at radius 3 is 2.65 bits per heavy atom. The zero-order valence-electron chi connectivity index (χ0n) is 11.5. The van der Waals surface area contributed by atoms with Crippen molar-refractivity contribution in [3.05, 3.63) is 41.1 Å². The number of aromatic nitrogens is 2. The van der Waals surface area contributed by atoms with Crippen LogP contribution >= 0.6 is 11.6 Å². The molecule has 1 aromatic carbocycles. The summed E-state index contributed by atoms with van der Waals surface area (Å²) in [6.07, 6.45) is 1.43. The molecule has 5 nitrogen and oxygen atoms in total. The Labute approximate surface area is 123 Å². The van der Waals surface area contributed by atoms with E-state index in [1.807, 2.05) is 26.0 Å². The van der Waals surface area contributed by atoms with Gasteiger partial charge < -0.3 is 0 Å². The number of benzene rings is 1. The third-order valence-corrected chi connectivity index (χ3v) is 5.21. The van der Waals surface area contributed by atoms with E-state index >= 15 is 0 Å². The molecule has 0 atom stereocenters. The molecule has 2 aromatic rings. The number of nitrogens with zero attached hydrogens (tertiary/aromatic N) is 2. The zero-order chi connectivity index (χ0) is 14.9. The minimum absolute atomic E-state index is 0.0370. The largest absolute Gasteiger partial charge is 0.281 e. The molecular weight excluding hydrogens is 298 g/mol. The molecule has 0 aliphatic heterocycles. The SMILES string of the molecule is Cc1ccc(N(C)S(=O)(=O)c2[nH]ncc2CCl)c(C)c1. The second kappa shape index (κ2) is 5.46. The summed E-state index contributed by atoms with van der Waals surface area (Å²) < 4.78 is 26.5. The topological polar surface area (TPSA) is 66.1 Å². The summed E-state index contributed by atoms with van der Waals surface area (Å²) in [7, 11) is -2.18. The van der Waals surface area contributed by atoms with Gasteiger partial charge in [0.2, 0.25) is 0 Å². The first-order valence-corrected chi connectivity index (χ1v) is 7.99. The van der Waals surface area contributed by atoms with Gasteiger partial charge in [0, 0.05) is 12.6 Å². The Morgan fingerprint density at radius 1 is 1.35 bits per heavy atom. The highest BCUT2D eigenvalue weighted by Gasteiger charge is 2.26. The van der Waals surface area contributed by atoms with E-state index in [1.54, 1.807) is 6.07 Å². The van der Waals surface area contributed by atoms with Gasteiger partial charge in [-0.3, -0.25) is 9.40 Å². The van der Waals surface area contributed by atoms with Gasteiger partial charge in [0.1, 0.15) is 0 Å². The highest BCUT2D eigenvalue weighted by atomic mass is 35.5. The van der Waals surface area contributed by atoms with E-state index in [0.717, 1.165) is 11.1 Å². The average Bonchev–Trinajstić information content (AvgIpc) is 2.87. The molecule has 2 rings (SSSR count). The molecule has 20 heavy (non-hydrogen) atoms. The highest BCUT2D eigenvalue weighted by molar-refractivity contribution is 7.92. The van der Waals surface area contributed by atoms with Crippen LogP contribution in [0.1, 0.15) is 16.7 Å². The van der Waals surface area contributed by atoms with Crippen LogP contribution in [0.4, 0.5) is 5.69 Å². The number of hydrogen-bond donors (Lipinski definition) is 1. The van der Waals surface area contributed by atoms with Crippen molar-refractivity contribution < 1.29 is 8.42 Å². The number of aromatic amines is 1. The molecule has 0 spiro atoms. The second-order valence-corrected chi connectivity index (χ2v) is 6.79. The molecule has 0 aliphatic rings. The van der Waals surface area contributed by atoms with Crippen molar-refractivity contribution in [3.8, 4) is 0 Å². The van der Waals surface area contributed by atoms with E-state index in [4.69, 9.17) is 11.6 Å². The predicted molar refractivity (Wildman–Crippen MR) is 79.6 cm³/mol. The standard InChI is InChI=1S/C13H16ClN3O2S/c1-9-4-5-12(10(2)6-9)17(3)20(18,19)13-11(7-14)8-15-16-13/h4-6,8H,7H2,1-3H3,(H,15,16). The first-order valence-electron chi connectivity index (χ1n) is 6.02. The number of hydrogen-bond acceptors (Lipinski definition) is 3. The molecule has 0 bridgehead atoms. The Balaban J connectivity index is 2.49. The van der Waals surface area contributed by atoms with Gasteiger partial charge in [-0.25, -0.2) is 0 Å². The van der Waals surface area contributed by atoms with Crippen molar-refractivity contribution in [3.63, 3.8) is 0 Å². The zero-order valence-corrected chi connectivity index (χ0v) is 13.1. The molecule has 1 N–H and O–H groups in total. The van der Waals surface area contributed by atoms with Crippen LogP contribution in [-0.4, -0.2) is 25.7 Å². The summed E-state index contributed by atoms with van der Waals surface area (Å²) in [5.74, 6) is 0.0891. The van der Waals surface area contributed by atoms with Crippen LogP contribution in [0.2, 0.25) is 0 Å². The number of halogens is 1. The summed E-state index contributed by atoms with van der Waals surface area (Å²) in [5.41, 5.74) is 3.07. The van der Waals surface area contributed by atoms with E-state index in [1.165, 1.54) is 17.5 Å². The van der Waals surface area contributed by atoms with Crippen molar-refractivity contribution in [2.45, 2.75) is 24.8 Å². The van der Waals surface area contributed by atoms with Crippen LogP contribution in [0.25, 0.3) is 0 Å². The average molecular weight is 314 g/mol. The van der Waals surface area contributed by atoms with Gasteiger partial charge in [0.25, 0.3) is 10.0 Å². The molecule has 1 heterocycles. The van der Waals surface area contributed by atoms with Crippen molar-refractivity contribution in [1.29, 1.82) is 0 Å². The molecule has 108 valence electrons. The predicted octanol–water partition coefficient (Wildman–Crippen LogP) is 2.59. The molecule has 0 saturated heterocycles. The maximum atomic E-state index is 12.6. The van der Waals surface area contributed by atoms with E-state index in [2.05, 4.69) is 10.2 Å². The van der Waals surface area contributed by atoms with E-state index < -0.39 is 10.0 Å². The van der Waals surface area contributed by atoms with Crippen molar-refractivity contribution >= 4 is 27.3 Å².